The molecule has 4 heterocycles. The van der Waals surface area contributed by atoms with Gasteiger partial charge in [-0.15, -0.1) is 0 Å². The van der Waals surface area contributed by atoms with Gasteiger partial charge in [0.25, 0.3) is 32.6 Å². The molecule has 2 fully saturated rings. The van der Waals surface area contributed by atoms with Crippen LogP contribution in [0.5, 0.6) is 0 Å². The Morgan fingerprint density at radius 1 is 0.611 bits per heavy atom. The third-order valence-electron chi connectivity index (χ3n) is 9.85. The summed E-state index contributed by atoms with van der Waals surface area (Å²) in [7, 11) is -0.0568. The Hall–Kier alpha value is -4.81. The lowest BCUT2D eigenvalue weighted by Crippen LogP contribution is -2.44. The summed E-state index contributed by atoms with van der Waals surface area (Å²) >= 11 is 0. The first-order valence-corrected chi connectivity index (χ1v) is 23.9. The Bertz CT molecular complexity index is 2190. The maximum Gasteiger partial charge on any atom is 0.330 e. The van der Waals surface area contributed by atoms with Crippen LogP contribution in [-0.2, 0) is 85.1 Å². The third kappa shape index (κ3) is 20.2. The van der Waals surface area contributed by atoms with Crippen molar-refractivity contribution in [2.75, 3.05) is 60.0 Å². The molecule has 0 saturated carbocycles. The monoisotopic (exact) mass is 1050 g/mol. The van der Waals surface area contributed by atoms with E-state index in [9.17, 15) is 43.5 Å². The average molecular weight is 1050 g/mol. The van der Waals surface area contributed by atoms with Crippen LogP contribution in [0.25, 0.3) is 0 Å². The van der Waals surface area contributed by atoms with Crippen LogP contribution in [-0.4, -0.2) is 174 Å². The van der Waals surface area contributed by atoms with Gasteiger partial charge in [0.15, 0.2) is 12.5 Å². The number of hydrogen-bond acceptors (Lipinski definition) is 24. The quantitative estimate of drug-likeness (QED) is 0.0339. The fraction of sp³-hybridized carbons (Fsp3) is 0.721. The molecule has 4 rings (SSSR count). The van der Waals surface area contributed by atoms with E-state index in [2.05, 4.69) is 14.6 Å². The number of esters is 4. The molecule has 0 aromatic carbocycles. The van der Waals surface area contributed by atoms with Crippen molar-refractivity contribution >= 4 is 32.4 Å². The molecule has 2 aromatic heterocycles. The Balaban J connectivity index is 0.000000395. The molecule has 9 atom stereocenters. The molecule has 0 radical (unpaired) electrons. The third-order valence-corrected chi connectivity index (χ3v) is 11.9. The number of rotatable bonds is 28. The van der Waals surface area contributed by atoms with Gasteiger partial charge in [-0.25, -0.2) is 14.3 Å². The number of carbonyl (C=O) groups excluding carboxylic acids is 4. The van der Waals surface area contributed by atoms with Crippen molar-refractivity contribution in [2.24, 2.45) is 0 Å². The zero-order valence-corrected chi connectivity index (χ0v) is 43.0. The average Bonchev–Trinajstić information content (AvgIpc) is 3.74. The standard InChI is InChI=1S/C25H42N3O12P.C18H26N2O11/c1-15(2)28(16(3)4)41(33-8)40-21-17(5)38-23(27-10-9-20(31)26-24(27)32)22(21)39-25(36-13-11-34-18(6)29)37-14-12-35-19(7)30;1-10-14(24)15(16(30-10)20-5-4-13(23)19-17(20)25)31-18(28-8-6-26-11(2)21)29-9-7-27-12(3)22/h9-10,15-17,21-23,25H,11-14H2,1-8H3,(H,26,31,32);4-5,10,14-16,18,24H,6-9H2,1-3H3,(H,19,23,25)/t17-,21+,22?,23-,41?;10-,14+,15?,16-/m11/s1. The molecule has 3 N–H and O–H groups in total. The molecule has 2 aliphatic rings. The van der Waals surface area contributed by atoms with E-state index in [1.165, 1.54) is 50.7 Å². The molecular formula is C43H68N5O23P. The first-order chi connectivity index (χ1) is 34.0. The summed E-state index contributed by atoms with van der Waals surface area (Å²) in [5.74, 6) is -1.97. The van der Waals surface area contributed by atoms with E-state index in [-0.39, 0.29) is 64.9 Å². The highest BCUT2D eigenvalue weighted by Gasteiger charge is 2.50. The zero-order valence-electron chi connectivity index (χ0n) is 42.1. The number of hydrogen-bond donors (Lipinski definition) is 3. The predicted octanol–water partition coefficient (Wildman–Crippen LogP) is 0.302. The molecule has 0 amide bonds. The normalized spacial score (nSPS) is 22.3. The van der Waals surface area contributed by atoms with Crippen LogP contribution < -0.4 is 22.5 Å². The van der Waals surface area contributed by atoms with Crippen molar-refractivity contribution in [2.45, 2.75) is 143 Å². The lowest BCUT2D eigenvalue weighted by atomic mass is 10.1. The molecule has 72 heavy (non-hydrogen) atoms. The fourth-order valence-corrected chi connectivity index (χ4v) is 8.49. The van der Waals surface area contributed by atoms with E-state index in [1.54, 1.807) is 21.0 Å². The second kappa shape index (κ2) is 31.0. The Morgan fingerprint density at radius 3 is 1.32 bits per heavy atom. The second-order valence-electron chi connectivity index (χ2n) is 16.2. The second-order valence-corrected chi connectivity index (χ2v) is 17.7. The molecule has 2 saturated heterocycles. The number of H-pyrrole nitrogens is 2. The highest BCUT2D eigenvalue weighted by atomic mass is 31.2. The topological polar surface area (TPSA) is 331 Å². The van der Waals surface area contributed by atoms with Crippen LogP contribution in [0, 0.1) is 0 Å². The molecule has 3 unspecified atom stereocenters. The van der Waals surface area contributed by atoms with Gasteiger partial charge < -0.3 is 71.0 Å². The zero-order chi connectivity index (χ0) is 53.7. The van der Waals surface area contributed by atoms with E-state index in [0.29, 0.717) is 0 Å². The van der Waals surface area contributed by atoms with Gasteiger partial charge in [-0.2, -0.15) is 0 Å². The Kier molecular flexibility index (Phi) is 26.5. The van der Waals surface area contributed by atoms with Crippen LogP contribution in [0.4, 0.5) is 0 Å². The van der Waals surface area contributed by atoms with Gasteiger partial charge in [-0.3, -0.25) is 47.9 Å². The maximum atomic E-state index is 12.7. The molecule has 408 valence electrons. The molecule has 0 aliphatic carbocycles. The SMILES string of the molecule is CC(=O)OCCOC(OCCOC(C)=O)OC1[C@@H](O)[C@@H](C)O[C@H]1n1ccc(=O)[nH]c1=O.COP(O[C@@H]1C(OC(OCCOC(C)=O)OCCOC(C)=O)[C@H](n2ccc(=O)[nH]c2=O)O[C@@H]1C)N(C(C)C)C(C)C. The van der Waals surface area contributed by atoms with E-state index in [1.807, 2.05) is 27.7 Å². The lowest BCUT2D eigenvalue weighted by Gasteiger charge is -2.37. The van der Waals surface area contributed by atoms with Crippen molar-refractivity contribution in [3.63, 3.8) is 0 Å². The molecule has 0 spiro atoms. The van der Waals surface area contributed by atoms with Crippen LogP contribution >= 0.6 is 8.53 Å². The van der Waals surface area contributed by atoms with E-state index < -0.39 is 117 Å². The van der Waals surface area contributed by atoms with Crippen molar-refractivity contribution in [1.82, 2.24) is 23.8 Å². The fourth-order valence-electron chi connectivity index (χ4n) is 6.86. The van der Waals surface area contributed by atoms with Gasteiger partial charge in [0.2, 0.25) is 0 Å². The van der Waals surface area contributed by atoms with Crippen LogP contribution in [0.3, 0.4) is 0 Å². The summed E-state index contributed by atoms with van der Waals surface area (Å²) in [6.45, 7) is 13.0. The van der Waals surface area contributed by atoms with Crippen molar-refractivity contribution in [3.8, 4) is 0 Å². The number of aromatic amines is 2. The van der Waals surface area contributed by atoms with Crippen LogP contribution in [0.15, 0.2) is 43.7 Å². The number of nitrogens with one attached hydrogen (secondary N) is 2. The van der Waals surface area contributed by atoms with Crippen LogP contribution in [0.2, 0.25) is 0 Å². The smallest absolute Gasteiger partial charge is 0.330 e. The summed E-state index contributed by atoms with van der Waals surface area (Å²) < 4.78 is 81.8. The molecule has 29 heteroatoms. The van der Waals surface area contributed by atoms with Crippen molar-refractivity contribution < 1.29 is 90.2 Å². The summed E-state index contributed by atoms with van der Waals surface area (Å²) in [5.41, 5.74) is -2.64. The summed E-state index contributed by atoms with van der Waals surface area (Å²) in [6.07, 6.45) is -5.05. The largest absolute Gasteiger partial charge is 0.463 e. The van der Waals surface area contributed by atoms with Gasteiger partial charge in [0.05, 0.1) is 38.6 Å². The number of ether oxygens (including phenoxy) is 12. The minimum atomic E-state index is -1.60. The highest BCUT2D eigenvalue weighted by molar-refractivity contribution is 7.44. The number of nitrogens with zero attached hydrogens (tertiary/aromatic N) is 3. The number of carbonyl (C=O) groups is 4. The van der Waals surface area contributed by atoms with Gasteiger partial charge in [-0.1, -0.05) is 0 Å². The number of aliphatic hydroxyl groups is 1. The van der Waals surface area contributed by atoms with Gasteiger partial charge in [0.1, 0.15) is 50.8 Å². The predicted molar refractivity (Wildman–Crippen MR) is 246 cm³/mol. The highest BCUT2D eigenvalue weighted by Crippen LogP contribution is 2.50. The maximum absolute atomic E-state index is 12.7. The molecule has 2 aliphatic heterocycles. The lowest BCUT2D eigenvalue weighted by molar-refractivity contribution is -0.321. The van der Waals surface area contributed by atoms with Crippen molar-refractivity contribution in [1.29, 1.82) is 0 Å². The summed E-state index contributed by atoms with van der Waals surface area (Å²) in [5, 5.41) is 10.5. The summed E-state index contributed by atoms with van der Waals surface area (Å²) in [6, 6.07) is 2.47. The number of aromatic nitrogens is 4. The first-order valence-electron chi connectivity index (χ1n) is 22.8. The molecule has 28 nitrogen and oxygen atoms in total. The summed E-state index contributed by atoms with van der Waals surface area (Å²) in [4.78, 5) is 96.3. The van der Waals surface area contributed by atoms with E-state index in [0.717, 1.165) is 10.6 Å². The van der Waals surface area contributed by atoms with Gasteiger partial charge in [0, 0.05) is 71.4 Å². The van der Waals surface area contributed by atoms with Gasteiger partial charge in [-0.05, 0) is 41.5 Å². The molecule has 2 aromatic rings. The van der Waals surface area contributed by atoms with E-state index >= 15 is 0 Å². The minimum Gasteiger partial charge on any atom is -0.463 e. The molecule has 0 bridgehead atoms. The number of aliphatic hydroxyl groups excluding tert-OH is 1. The Labute approximate surface area is 415 Å². The molecular weight excluding hydrogens is 985 g/mol. The Morgan fingerprint density at radius 2 is 0.972 bits per heavy atom. The minimum absolute atomic E-state index is 0.0739. The van der Waals surface area contributed by atoms with Gasteiger partial charge >= 0.3 is 35.3 Å². The first kappa shape index (κ1) is 61.5. The van der Waals surface area contributed by atoms with Crippen molar-refractivity contribution in [3.05, 3.63) is 66.2 Å². The van der Waals surface area contributed by atoms with E-state index in [4.69, 9.17) is 65.9 Å². The van der Waals surface area contributed by atoms with Crippen LogP contribution in [0.1, 0.15) is 81.7 Å².